The first-order chi connectivity index (χ1) is 7.68. The molecule has 0 unspecified atom stereocenters. The minimum atomic E-state index is -0.790. The van der Waals surface area contributed by atoms with Gasteiger partial charge in [-0.1, -0.05) is 12.2 Å². The van der Waals surface area contributed by atoms with Gasteiger partial charge in [-0.15, -0.1) is 0 Å². The number of rotatable bonds is 6. The smallest absolute Gasteiger partial charge is 0.315 e. The lowest BCUT2D eigenvalue weighted by atomic mass is 10.2. The van der Waals surface area contributed by atoms with Gasteiger partial charge in [0.25, 0.3) is 0 Å². The summed E-state index contributed by atoms with van der Waals surface area (Å²) in [6.07, 6.45) is 7.35. The van der Waals surface area contributed by atoms with Gasteiger partial charge in [-0.2, -0.15) is 0 Å². The van der Waals surface area contributed by atoms with Crippen LogP contribution < -0.4 is 10.6 Å². The van der Waals surface area contributed by atoms with Crippen molar-refractivity contribution in [3.8, 4) is 0 Å². The molecule has 0 saturated heterocycles. The molecular formula is C11H18N2O3. The number of nitrogens with one attached hydrogen (secondary N) is 2. The third kappa shape index (κ3) is 5.38. The normalized spacial score (nSPS) is 15.0. The summed E-state index contributed by atoms with van der Waals surface area (Å²) >= 11 is 0. The van der Waals surface area contributed by atoms with E-state index in [-0.39, 0.29) is 18.5 Å². The Bertz CT molecular complexity index is 268. The molecule has 0 aromatic rings. The maximum atomic E-state index is 11.3. The van der Waals surface area contributed by atoms with E-state index in [0.29, 0.717) is 19.4 Å². The average molecular weight is 226 g/mol. The zero-order chi connectivity index (χ0) is 11.8. The van der Waals surface area contributed by atoms with Crippen LogP contribution in [0.3, 0.4) is 0 Å². The van der Waals surface area contributed by atoms with E-state index in [2.05, 4.69) is 22.8 Å². The van der Waals surface area contributed by atoms with Gasteiger partial charge >= 0.3 is 12.0 Å². The Labute approximate surface area is 94.9 Å². The topological polar surface area (TPSA) is 78.4 Å². The summed E-state index contributed by atoms with van der Waals surface area (Å²) in [5.74, 6) is -0.790. The van der Waals surface area contributed by atoms with Crippen molar-refractivity contribution in [2.75, 3.05) is 6.54 Å². The lowest BCUT2D eigenvalue weighted by molar-refractivity contribution is -0.137. The highest BCUT2D eigenvalue weighted by molar-refractivity contribution is 5.74. The number of amides is 2. The molecule has 0 saturated carbocycles. The maximum Gasteiger partial charge on any atom is 0.315 e. The van der Waals surface area contributed by atoms with Gasteiger partial charge in [0.05, 0.1) is 0 Å². The Kier molecular flexibility index (Phi) is 5.39. The van der Waals surface area contributed by atoms with Crippen LogP contribution in [0.4, 0.5) is 4.79 Å². The fourth-order valence-corrected chi connectivity index (χ4v) is 1.57. The average Bonchev–Trinajstić information content (AvgIpc) is 2.69. The van der Waals surface area contributed by atoms with Crippen LogP contribution in [-0.4, -0.2) is 29.7 Å². The molecule has 1 aliphatic carbocycles. The molecule has 1 aliphatic rings. The van der Waals surface area contributed by atoms with E-state index in [9.17, 15) is 9.59 Å². The van der Waals surface area contributed by atoms with E-state index in [1.807, 2.05) is 0 Å². The SMILES string of the molecule is O=C(O)CCCCNC(=O)NC1CC=CC1. The molecule has 16 heavy (non-hydrogen) atoms. The summed E-state index contributed by atoms with van der Waals surface area (Å²) in [6.45, 7) is 0.527. The van der Waals surface area contributed by atoms with Crippen LogP contribution in [-0.2, 0) is 4.79 Å². The first-order valence-electron chi connectivity index (χ1n) is 5.59. The highest BCUT2D eigenvalue weighted by atomic mass is 16.4. The van der Waals surface area contributed by atoms with Crippen molar-refractivity contribution >= 4 is 12.0 Å². The van der Waals surface area contributed by atoms with Crippen molar-refractivity contribution in [3.05, 3.63) is 12.2 Å². The highest BCUT2D eigenvalue weighted by Gasteiger charge is 2.12. The van der Waals surface area contributed by atoms with Crippen molar-refractivity contribution < 1.29 is 14.7 Å². The molecule has 0 bridgehead atoms. The molecule has 5 heteroatoms. The number of carbonyl (C=O) groups is 2. The molecular weight excluding hydrogens is 208 g/mol. The molecule has 0 aromatic carbocycles. The second kappa shape index (κ2) is 6.87. The van der Waals surface area contributed by atoms with Gasteiger partial charge in [0.2, 0.25) is 0 Å². The third-order valence-electron chi connectivity index (χ3n) is 2.45. The zero-order valence-electron chi connectivity index (χ0n) is 9.24. The molecule has 0 spiro atoms. The van der Waals surface area contributed by atoms with E-state index >= 15 is 0 Å². The molecule has 0 fully saturated rings. The predicted molar refractivity (Wildman–Crippen MR) is 60.2 cm³/mol. The summed E-state index contributed by atoms with van der Waals surface area (Å²) in [6, 6.07) is 0.0584. The summed E-state index contributed by atoms with van der Waals surface area (Å²) in [5.41, 5.74) is 0. The predicted octanol–water partition coefficient (Wildman–Crippen LogP) is 1.26. The summed E-state index contributed by atoms with van der Waals surface area (Å²) in [5, 5.41) is 14.0. The van der Waals surface area contributed by atoms with Gasteiger partial charge in [-0.3, -0.25) is 4.79 Å². The number of hydrogen-bond donors (Lipinski definition) is 3. The molecule has 3 N–H and O–H groups in total. The number of unbranched alkanes of at least 4 members (excludes halogenated alkanes) is 1. The Morgan fingerprint density at radius 2 is 1.94 bits per heavy atom. The Hall–Kier alpha value is -1.52. The summed E-state index contributed by atoms with van der Waals surface area (Å²) in [7, 11) is 0. The molecule has 90 valence electrons. The Balaban J connectivity index is 1.95. The van der Waals surface area contributed by atoms with Crippen molar-refractivity contribution in [1.82, 2.24) is 10.6 Å². The number of carbonyl (C=O) groups excluding carboxylic acids is 1. The fourth-order valence-electron chi connectivity index (χ4n) is 1.57. The second-order valence-electron chi connectivity index (χ2n) is 3.89. The van der Waals surface area contributed by atoms with Crippen LogP contribution in [0.1, 0.15) is 32.1 Å². The van der Waals surface area contributed by atoms with Gasteiger partial charge in [-0.25, -0.2) is 4.79 Å². The number of carboxylic acid groups (broad SMARTS) is 1. The van der Waals surface area contributed by atoms with E-state index in [0.717, 1.165) is 12.8 Å². The number of urea groups is 1. The molecule has 0 heterocycles. The van der Waals surface area contributed by atoms with Crippen molar-refractivity contribution in [1.29, 1.82) is 0 Å². The zero-order valence-corrected chi connectivity index (χ0v) is 9.24. The van der Waals surface area contributed by atoms with Crippen LogP contribution in [0.2, 0.25) is 0 Å². The number of hydrogen-bond acceptors (Lipinski definition) is 2. The minimum Gasteiger partial charge on any atom is -0.481 e. The second-order valence-corrected chi connectivity index (χ2v) is 3.89. The van der Waals surface area contributed by atoms with Crippen LogP contribution in [0.5, 0.6) is 0 Å². The molecule has 5 nitrogen and oxygen atoms in total. The van der Waals surface area contributed by atoms with Gasteiger partial charge in [0, 0.05) is 19.0 Å². The van der Waals surface area contributed by atoms with Crippen LogP contribution >= 0.6 is 0 Å². The first-order valence-corrected chi connectivity index (χ1v) is 5.59. The molecule has 0 atom stereocenters. The van der Waals surface area contributed by atoms with Gasteiger partial charge in [0.1, 0.15) is 0 Å². The monoisotopic (exact) mass is 226 g/mol. The van der Waals surface area contributed by atoms with Gasteiger partial charge in [-0.05, 0) is 25.7 Å². The maximum absolute atomic E-state index is 11.3. The van der Waals surface area contributed by atoms with Crippen LogP contribution in [0.25, 0.3) is 0 Å². The summed E-state index contributed by atoms with van der Waals surface area (Å²) < 4.78 is 0. The van der Waals surface area contributed by atoms with Crippen molar-refractivity contribution in [2.45, 2.75) is 38.1 Å². The summed E-state index contributed by atoms with van der Waals surface area (Å²) in [4.78, 5) is 21.5. The van der Waals surface area contributed by atoms with E-state index < -0.39 is 5.97 Å². The standard InChI is InChI=1S/C11H18N2O3/c14-10(15)7-3-4-8-12-11(16)13-9-5-1-2-6-9/h1-2,9H,3-8H2,(H,14,15)(H2,12,13,16). The lowest BCUT2D eigenvalue weighted by Crippen LogP contribution is -2.41. The quantitative estimate of drug-likeness (QED) is 0.471. The van der Waals surface area contributed by atoms with Crippen molar-refractivity contribution in [3.63, 3.8) is 0 Å². The Morgan fingerprint density at radius 1 is 1.25 bits per heavy atom. The minimum absolute atomic E-state index is 0.163. The van der Waals surface area contributed by atoms with E-state index in [1.54, 1.807) is 0 Å². The lowest BCUT2D eigenvalue weighted by Gasteiger charge is -2.12. The third-order valence-corrected chi connectivity index (χ3v) is 2.45. The van der Waals surface area contributed by atoms with Crippen LogP contribution in [0.15, 0.2) is 12.2 Å². The first kappa shape index (κ1) is 12.5. The molecule has 0 radical (unpaired) electrons. The van der Waals surface area contributed by atoms with E-state index in [4.69, 9.17) is 5.11 Å². The van der Waals surface area contributed by atoms with Gasteiger partial charge in [0.15, 0.2) is 0 Å². The Morgan fingerprint density at radius 3 is 2.56 bits per heavy atom. The van der Waals surface area contributed by atoms with Crippen molar-refractivity contribution in [2.24, 2.45) is 0 Å². The fraction of sp³-hybridized carbons (Fsp3) is 0.636. The molecule has 0 aromatic heterocycles. The molecule has 1 rings (SSSR count). The number of aliphatic carboxylic acids is 1. The highest BCUT2D eigenvalue weighted by Crippen LogP contribution is 2.08. The molecule has 2 amide bonds. The van der Waals surface area contributed by atoms with Gasteiger partial charge < -0.3 is 15.7 Å². The van der Waals surface area contributed by atoms with Crippen LogP contribution in [0, 0.1) is 0 Å². The number of carboxylic acids is 1. The molecule has 0 aliphatic heterocycles. The largest absolute Gasteiger partial charge is 0.481 e. The van der Waals surface area contributed by atoms with E-state index in [1.165, 1.54) is 0 Å².